The molecule has 0 bridgehead atoms. The lowest BCUT2D eigenvalue weighted by atomic mass is 9.99. The Labute approximate surface area is 96.2 Å². The zero-order valence-electron chi connectivity index (χ0n) is 10.2. The second-order valence-electron chi connectivity index (χ2n) is 4.83. The Balaban J connectivity index is 2.77. The van der Waals surface area contributed by atoms with Gasteiger partial charge in [0.05, 0.1) is 9.52 Å². The zero-order chi connectivity index (χ0) is 11.5. The van der Waals surface area contributed by atoms with Crippen LogP contribution >= 0.6 is 0 Å². The van der Waals surface area contributed by atoms with Crippen LogP contribution in [0.4, 0.5) is 0 Å². The minimum absolute atomic E-state index is 0.399. The summed E-state index contributed by atoms with van der Waals surface area (Å²) in [5.74, 6) is 0.718. The minimum Gasteiger partial charge on any atom is -0.0985 e. The van der Waals surface area contributed by atoms with E-state index < -0.39 is 0 Å². The largest absolute Gasteiger partial charge is 0.0985 e. The van der Waals surface area contributed by atoms with Gasteiger partial charge in [0.15, 0.2) is 0 Å². The topological polar surface area (TPSA) is 0 Å². The summed E-state index contributed by atoms with van der Waals surface area (Å²) in [6.45, 7) is 13.0. The molecule has 0 saturated carbocycles. The number of hydrogen-bond donors (Lipinski definition) is 0. The van der Waals surface area contributed by atoms with E-state index in [9.17, 15) is 0 Å². The molecule has 0 amide bonds. The van der Waals surface area contributed by atoms with E-state index in [0.717, 1.165) is 15.4 Å². The van der Waals surface area contributed by atoms with Gasteiger partial charge in [-0.3, -0.25) is 0 Å². The fraction of sp³-hybridized carbons (Fsp3) is 0.429. The van der Waals surface area contributed by atoms with Gasteiger partial charge in [0.2, 0.25) is 0 Å². The molecule has 0 aromatic heterocycles. The summed E-state index contributed by atoms with van der Waals surface area (Å²) in [5.41, 5.74) is 1.20. The van der Waals surface area contributed by atoms with Gasteiger partial charge in [0.1, 0.15) is 0 Å². The van der Waals surface area contributed by atoms with Gasteiger partial charge >= 0.3 is 0 Å². The van der Waals surface area contributed by atoms with Crippen LogP contribution < -0.4 is 5.19 Å². The average Bonchev–Trinajstić information content (AvgIpc) is 2.18. The molecule has 0 atom stereocenters. The number of benzene rings is 1. The molecule has 1 aromatic rings. The van der Waals surface area contributed by atoms with Gasteiger partial charge in [0.25, 0.3) is 0 Å². The van der Waals surface area contributed by atoms with Gasteiger partial charge in [-0.1, -0.05) is 69.8 Å². The van der Waals surface area contributed by atoms with Gasteiger partial charge in [-0.15, -0.1) is 0 Å². The molecule has 0 nitrogen and oxygen atoms in total. The van der Waals surface area contributed by atoms with Crippen LogP contribution in [0.2, 0.25) is 5.04 Å². The molecule has 1 aromatic carbocycles. The third-order valence-electron chi connectivity index (χ3n) is 3.06. The highest BCUT2D eigenvalue weighted by molar-refractivity contribution is 6.56. The van der Waals surface area contributed by atoms with E-state index in [1.54, 1.807) is 0 Å². The Morgan fingerprint density at radius 2 is 1.73 bits per heavy atom. The lowest BCUT2D eigenvalue weighted by molar-refractivity contribution is 0.476. The van der Waals surface area contributed by atoms with Crippen LogP contribution in [0.15, 0.2) is 30.8 Å². The van der Waals surface area contributed by atoms with Crippen LogP contribution in [0.3, 0.4) is 0 Å². The van der Waals surface area contributed by atoms with Crippen molar-refractivity contribution in [2.75, 3.05) is 0 Å². The normalized spacial score (nSPS) is 11.8. The van der Waals surface area contributed by atoms with Crippen LogP contribution in [0.25, 0.3) is 6.08 Å². The average molecular weight is 216 g/mol. The number of hydrogen-bond acceptors (Lipinski definition) is 0. The van der Waals surface area contributed by atoms with Gasteiger partial charge in [-0.2, -0.15) is 0 Å². The molecule has 1 heteroatoms. The van der Waals surface area contributed by atoms with E-state index >= 15 is 0 Å². The third-order valence-corrected chi connectivity index (χ3v) is 4.90. The Morgan fingerprint density at radius 3 is 2.13 bits per heavy atom. The van der Waals surface area contributed by atoms with Crippen molar-refractivity contribution in [3.63, 3.8) is 0 Å². The quantitative estimate of drug-likeness (QED) is 0.676. The van der Waals surface area contributed by atoms with Gasteiger partial charge < -0.3 is 0 Å². The monoisotopic (exact) mass is 216 g/mol. The summed E-state index contributed by atoms with van der Waals surface area (Å²) < 4.78 is 0. The molecule has 0 spiro atoms. The van der Waals surface area contributed by atoms with Gasteiger partial charge in [-0.25, -0.2) is 0 Å². The second kappa shape index (κ2) is 4.80. The summed E-state index contributed by atoms with van der Waals surface area (Å²) in [7, 11) is 0.875. The highest BCUT2D eigenvalue weighted by Crippen LogP contribution is 2.32. The van der Waals surface area contributed by atoms with E-state index in [4.69, 9.17) is 0 Å². The molecule has 0 unspecified atom stereocenters. The summed E-state index contributed by atoms with van der Waals surface area (Å²) in [4.78, 5) is 0. The summed E-state index contributed by atoms with van der Waals surface area (Å²) >= 11 is 0. The van der Waals surface area contributed by atoms with Gasteiger partial charge in [-0.05, 0) is 16.5 Å². The van der Waals surface area contributed by atoms with E-state index in [1.165, 1.54) is 10.8 Å². The minimum atomic E-state index is 0.399. The summed E-state index contributed by atoms with van der Waals surface area (Å²) in [6, 6.07) is 8.73. The van der Waals surface area contributed by atoms with Crippen molar-refractivity contribution in [1.82, 2.24) is 0 Å². The zero-order valence-corrected chi connectivity index (χ0v) is 11.2. The van der Waals surface area contributed by atoms with Crippen molar-refractivity contribution in [3.8, 4) is 0 Å². The molecule has 15 heavy (non-hydrogen) atoms. The van der Waals surface area contributed by atoms with E-state index in [1.807, 2.05) is 6.08 Å². The highest BCUT2D eigenvalue weighted by Gasteiger charge is 2.23. The SMILES string of the molecule is C=Cc1ccc([Si]C(C)(C)C(C)C)cc1. The van der Waals surface area contributed by atoms with Gasteiger partial charge in [0, 0.05) is 0 Å². The Hall–Kier alpha value is -0.823. The molecule has 0 aliphatic carbocycles. The van der Waals surface area contributed by atoms with Crippen LogP contribution in [0.1, 0.15) is 33.3 Å². The first-order valence-electron chi connectivity index (χ1n) is 5.46. The van der Waals surface area contributed by atoms with Crippen molar-refractivity contribution in [2.45, 2.75) is 32.7 Å². The first-order chi connectivity index (χ1) is 6.95. The lowest BCUT2D eigenvalue weighted by Gasteiger charge is -2.28. The molecule has 0 N–H and O–H groups in total. The molecule has 1 rings (SSSR count). The number of rotatable bonds is 4. The molecule has 0 fully saturated rings. The van der Waals surface area contributed by atoms with Crippen LogP contribution in [-0.4, -0.2) is 9.52 Å². The van der Waals surface area contributed by atoms with Crippen molar-refractivity contribution in [2.24, 2.45) is 5.92 Å². The van der Waals surface area contributed by atoms with Crippen molar-refractivity contribution < 1.29 is 0 Å². The van der Waals surface area contributed by atoms with E-state index in [2.05, 4.69) is 58.5 Å². The molecular formula is C14H20Si. The van der Waals surface area contributed by atoms with Crippen LogP contribution in [-0.2, 0) is 0 Å². The van der Waals surface area contributed by atoms with E-state index in [0.29, 0.717) is 5.04 Å². The standard InChI is InChI=1S/C14H20Si/c1-6-12-7-9-13(10-8-12)15-14(4,5)11(2)3/h6-11H,1H2,2-5H3. The fourth-order valence-corrected chi connectivity index (χ4v) is 2.58. The highest BCUT2D eigenvalue weighted by atomic mass is 28.2. The van der Waals surface area contributed by atoms with Crippen LogP contribution in [0, 0.1) is 5.92 Å². The Kier molecular flexibility index (Phi) is 3.92. The molecule has 0 aliphatic rings. The summed E-state index contributed by atoms with van der Waals surface area (Å²) in [5, 5.41) is 1.84. The predicted molar refractivity (Wildman–Crippen MR) is 70.8 cm³/mol. The maximum atomic E-state index is 3.77. The molecule has 0 heterocycles. The second-order valence-corrected chi connectivity index (χ2v) is 6.94. The Bertz CT molecular complexity index is 320. The smallest absolute Gasteiger partial charge is 0.0874 e. The molecule has 0 aliphatic heterocycles. The predicted octanol–water partition coefficient (Wildman–Crippen LogP) is 3.51. The first-order valence-corrected chi connectivity index (χ1v) is 6.46. The lowest BCUT2D eigenvalue weighted by Crippen LogP contribution is -2.29. The van der Waals surface area contributed by atoms with E-state index in [-0.39, 0.29) is 0 Å². The molecule has 2 radical (unpaired) electrons. The fourth-order valence-electron chi connectivity index (χ4n) is 1.22. The Morgan fingerprint density at radius 1 is 1.20 bits per heavy atom. The maximum Gasteiger partial charge on any atom is 0.0874 e. The molecular weight excluding hydrogens is 196 g/mol. The molecule has 0 saturated heterocycles. The maximum absolute atomic E-state index is 3.77. The van der Waals surface area contributed by atoms with Crippen molar-refractivity contribution >= 4 is 20.8 Å². The van der Waals surface area contributed by atoms with Crippen molar-refractivity contribution in [1.29, 1.82) is 0 Å². The first kappa shape index (κ1) is 12.2. The van der Waals surface area contributed by atoms with Crippen molar-refractivity contribution in [3.05, 3.63) is 36.4 Å². The van der Waals surface area contributed by atoms with Crippen LogP contribution in [0.5, 0.6) is 0 Å². The summed E-state index contributed by atoms with van der Waals surface area (Å²) in [6.07, 6.45) is 1.89. The molecule has 80 valence electrons. The third kappa shape index (κ3) is 3.35.